The molecule has 2 aliphatic rings. The summed E-state index contributed by atoms with van der Waals surface area (Å²) in [5, 5.41) is 17.8. The Morgan fingerprint density at radius 3 is 2.76 bits per heavy atom. The zero-order valence-electron chi connectivity index (χ0n) is 18.0. The fraction of sp³-hybridized carbons (Fsp3) is 0.240. The van der Waals surface area contributed by atoms with Crippen molar-refractivity contribution in [1.29, 1.82) is 0 Å². The molecule has 168 valence electrons. The molecule has 1 unspecified atom stereocenters. The lowest BCUT2D eigenvalue weighted by Crippen LogP contribution is -2.36. The Hall–Kier alpha value is -3.33. The number of nitrogens with one attached hydrogen (secondary N) is 2. The van der Waals surface area contributed by atoms with Gasteiger partial charge in [0.15, 0.2) is 0 Å². The number of carbonyl (C=O) groups is 2. The zero-order valence-corrected chi connectivity index (χ0v) is 18.8. The molecule has 1 aromatic heterocycles. The molecule has 5 rings (SSSR count). The fourth-order valence-corrected chi connectivity index (χ4v) is 5.01. The number of aliphatic hydroxyl groups excluding tert-OH is 1. The lowest BCUT2D eigenvalue weighted by Gasteiger charge is -2.22. The van der Waals surface area contributed by atoms with Crippen molar-refractivity contribution in [2.75, 3.05) is 18.5 Å². The SMILES string of the molecule is O=C1NC(=O)c2ccc(-c3nccs3)cc2C1=CNc1ccc(CN2CCCC2CO)cc1. The third-order valence-corrected chi connectivity index (χ3v) is 6.96. The Kier molecular flexibility index (Phi) is 6.04. The second-order valence-corrected chi connectivity index (χ2v) is 9.12. The van der Waals surface area contributed by atoms with Gasteiger partial charge in [0.2, 0.25) is 0 Å². The van der Waals surface area contributed by atoms with Crippen LogP contribution in [-0.2, 0) is 11.3 Å². The van der Waals surface area contributed by atoms with Crippen LogP contribution in [-0.4, -0.2) is 46.0 Å². The average molecular weight is 461 g/mol. The first-order valence-electron chi connectivity index (χ1n) is 10.9. The number of imide groups is 1. The molecule has 3 heterocycles. The van der Waals surface area contributed by atoms with Gasteiger partial charge in [0.05, 0.1) is 12.2 Å². The average Bonchev–Trinajstić information content (AvgIpc) is 3.52. The van der Waals surface area contributed by atoms with E-state index >= 15 is 0 Å². The molecule has 2 amide bonds. The summed E-state index contributed by atoms with van der Waals surface area (Å²) < 4.78 is 0. The van der Waals surface area contributed by atoms with Gasteiger partial charge in [0, 0.05) is 52.7 Å². The second kappa shape index (κ2) is 9.27. The summed E-state index contributed by atoms with van der Waals surface area (Å²) in [6.07, 6.45) is 5.53. The summed E-state index contributed by atoms with van der Waals surface area (Å²) in [6.45, 7) is 2.01. The fourth-order valence-electron chi connectivity index (χ4n) is 4.37. The number of aliphatic hydroxyl groups is 1. The van der Waals surface area contributed by atoms with Gasteiger partial charge in [-0.25, -0.2) is 4.98 Å². The maximum absolute atomic E-state index is 12.6. The number of amides is 2. The number of aromatic nitrogens is 1. The maximum atomic E-state index is 12.6. The minimum Gasteiger partial charge on any atom is -0.395 e. The predicted molar refractivity (Wildman–Crippen MR) is 129 cm³/mol. The Bertz CT molecular complexity index is 1200. The largest absolute Gasteiger partial charge is 0.395 e. The summed E-state index contributed by atoms with van der Waals surface area (Å²) in [5.74, 6) is -0.831. The molecule has 0 saturated carbocycles. The molecule has 1 fully saturated rings. The van der Waals surface area contributed by atoms with Crippen molar-refractivity contribution in [3.05, 3.63) is 76.9 Å². The highest BCUT2D eigenvalue weighted by Gasteiger charge is 2.28. The Labute approximate surface area is 195 Å². The molecule has 3 N–H and O–H groups in total. The van der Waals surface area contributed by atoms with Crippen LogP contribution in [0.15, 0.2) is 60.2 Å². The summed E-state index contributed by atoms with van der Waals surface area (Å²) >= 11 is 1.50. The lowest BCUT2D eigenvalue weighted by molar-refractivity contribution is -0.114. The highest BCUT2D eigenvalue weighted by Crippen LogP contribution is 2.30. The molecule has 8 heteroatoms. The molecule has 0 aliphatic carbocycles. The van der Waals surface area contributed by atoms with Crippen molar-refractivity contribution in [2.45, 2.75) is 25.4 Å². The van der Waals surface area contributed by atoms with E-state index in [1.165, 1.54) is 16.9 Å². The van der Waals surface area contributed by atoms with Crippen molar-refractivity contribution < 1.29 is 14.7 Å². The van der Waals surface area contributed by atoms with Crippen LogP contribution in [0.3, 0.4) is 0 Å². The second-order valence-electron chi connectivity index (χ2n) is 8.23. The number of fused-ring (bicyclic) bond motifs is 1. The first-order chi connectivity index (χ1) is 16.1. The van der Waals surface area contributed by atoms with Crippen molar-refractivity contribution in [2.24, 2.45) is 0 Å². The molecule has 1 atom stereocenters. The van der Waals surface area contributed by atoms with Crippen LogP contribution in [0.25, 0.3) is 16.1 Å². The highest BCUT2D eigenvalue weighted by atomic mass is 32.1. The molecular weight excluding hydrogens is 436 g/mol. The Balaban J connectivity index is 1.36. The minimum absolute atomic E-state index is 0.198. The monoisotopic (exact) mass is 460 g/mol. The summed E-state index contributed by atoms with van der Waals surface area (Å²) in [4.78, 5) is 31.6. The van der Waals surface area contributed by atoms with E-state index in [4.69, 9.17) is 0 Å². The van der Waals surface area contributed by atoms with Crippen LogP contribution in [0, 0.1) is 0 Å². The van der Waals surface area contributed by atoms with Crippen LogP contribution < -0.4 is 10.6 Å². The number of rotatable bonds is 6. The summed E-state index contributed by atoms with van der Waals surface area (Å²) in [7, 11) is 0. The standard InChI is InChI=1S/C25H24N4O3S/c30-15-19-2-1-10-29(19)14-16-3-6-18(7-4-16)27-13-22-21-12-17(25-26-9-11-33-25)5-8-20(21)23(31)28-24(22)32/h3-9,11-13,19,27,30H,1-2,10,14-15H2,(H,28,31,32). The normalized spacial score (nSPS) is 19.5. The third kappa shape index (κ3) is 4.45. The van der Waals surface area contributed by atoms with E-state index in [-0.39, 0.29) is 12.6 Å². The molecule has 2 aliphatic heterocycles. The number of hydrogen-bond donors (Lipinski definition) is 3. The van der Waals surface area contributed by atoms with Crippen molar-refractivity contribution >= 4 is 34.4 Å². The van der Waals surface area contributed by atoms with Gasteiger partial charge in [-0.1, -0.05) is 18.2 Å². The van der Waals surface area contributed by atoms with E-state index in [2.05, 4.69) is 20.5 Å². The van der Waals surface area contributed by atoms with Crippen molar-refractivity contribution in [1.82, 2.24) is 15.2 Å². The molecule has 3 aromatic rings. The van der Waals surface area contributed by atoms with Gasteiger partial charge in [0.1, 0.15) is 5.01 Å². The molecule has 0 radical (unpaired) electrons. The van der Waals surface area contributed by atoms with Crippen LogP contribution in [0.5, 0.6) is 0 Å². The molecule has 0 spiro atoms. The number of likely N-dealkylation sites (tertiary alicyclic amines) is 1. The molecule has 7 nitrogen and oxygen atoms in total. The van der Waals surface area contributed by atoms with Crippen molar-refractivity contribution in [3.63, 3.8) is 0 Å². The van der Waals surface area contributed by atoms with Gasteiger partial charge >= 0.3 is 0 Å². The van der Waals surface area contributed by atoms with E-state index in [9.17, 15) is 14.7 Å². The third-order valence-electron chi connectivity index (χ3n) is 6.14. The summed E-state index contributed by atoms with van der Waals surface area (Å²) in [6, 6.07) is 13.7. The first-order valence-corrected chi connectivity index (χ1v) is 11.8. The van der Waals surface area contributed by atoms with Gasteiger partial charge in [-0.05, 0) is 49.2 Å². The smallest absolute Gasteiger partial charge is 0.260 e. The van der Waals surface area contributed by atoms with E-state index in [1.54, 1.807) is 18.5 Å². The lowest BCUT2D eigenvalue weighted by atomic mass is 9.93. The van der Waals surface area contributed by atoms with Gasteiger partial charge < -0.3 is 10.4 Å². The minimum atomic E-state index is -0.433. The van der Waals surface area contributed by atoms with Crippen LogP contribution >= 0.6 is 11.3 Å². The van der Waals surface area contributed by atoms with Crippen LogP contribution in [0.1, 0.15) is 34.3 Å². The number of benzene rings is 2. The Morgan fingerprint density at radius 1 is 1.15 bits per heavy atom. The number of anilines is 1. The first kappa shape index (κ1) is 21.5. The van der Waals surface area contributed by atoms with Gasteiger partial charge in [-0.2, -0.15) is 0 Å². The molecule has 2 aromatic carbocycles. The predicted octanol–water partition coefficient (Wildman–Crippen LogP) is 3.49. The quantitative estimate of drug-likeness (QED) is 0.385. The van der Waals surface area contributed by atoms with E-state index in [1.807, 2.05) is 41.8 Å². The van der Waals surface area contributed by atoms with Gasteiger partial charge in [-0.3, -0.25) is 19.8 Å². The van der Waals surface area contributed by atoms with Gasteiger partial charge in [0.25, 0.3) is 11.8 Å². The van der Waals surface area contributed by atoms with Crippen LogP contribution in [0.4, 0.5) is 5.69 Å². The zero-order chi connectivity index (χ0) is 22.8. The number of thiazole rings is 1. The molecular formula is C25H24N4O3S. The highest BCUT2D eigenvalue weighted by molar-refractivity contribution is 7.13. The number of carbonyl (C=O) groups excluding carboxylic acids is 2. The van der Waals surface area contributed by atoms with Crippen LogP contribution in [0.2, 0.25) is 0 Å². The molecule has 1 saturated heterocycles. The van der Waals surface area contributed by atoms with E-state index < -0.39 is 11.8 Å². The van der Waals surface area contributed by atoms with Crippen molar-refractivity contribution in [3.8, 4) is 10.6 Å². The summed E-state index contributed by atoms with van der Waals surface area (Å²) in [5.41, 5.74) is 4.33. The van der Waals surface area contributed by atoms with E-state index in [0.29, 0.717) is 16.7 Å². The molecule has 33 heavy (non-hydrogen) atoms. The maximum Gasteiger partial charge on any atom is 0.260 e. The van der Waals surface area contributed by atoms with Gasteiger partial charge in [-0.15, -0.1) is 11.3 Å². The Morgan fingerprint density at radius 2 is 2.00 bits per heavy atom. The number of nitrogens with zero attached hydrogens (tertiary/aromatic N) is 2. The topological polar surface area (TPSA) is 94.6 Å². The van der Waals surface area contributed by atoms with E-state index in [0.717, 1.165) is 42.2 Å². The molecule has 0 bridgehead atoms. The number of hydrogen-bond acceptors (Lipinski definition) is 7.